The summed E-state index contributed by atoms with van der Waals surface area (Å²) < 4.78 is 29.9. The molecule has 4 rings (SSSR count). The third-order valence-corrected chi connectivity index (χ3v) is 9.01. The number of carbonyl (C=O) groups is 3. The zero-order chi connectivity index (χ0) is 23.7. The van der Waals surface area contributed by atoms with Gasteiger partial charge in [-0.2, -0.15) is 0 Å². The molecule has 32 heavy (non-hydrogen) atoms. The zero-order valence-corrected chi connectivity index (χ0v) is 19.3. The third-order valence-electron chi connectivity index (χ3n) is 8.31. The maximum Gasteiger partial charge on any atom is 0.306 e. The molecule has 2 saturated carbocycles. The van der Waals surface area contributed by atoms with Crippen molar-refractivity contribution in [2.75, 3.05) is 0 Å². The van der Waals surface area contributed by atoms with Gasteiger partial charge in [0.1, 0.15) is 16.4 Å². The number of carboxylic acid groups (broad SMARTS) is 1. The number of carboxylic acids is 1. The van der Waals surface area contributed by atoms with Crippen molar-refractivity contribution in [2.24, 2.45) is 28.6 Å². The number of aliphatic hydroxyl groups excluding tert-OH is 2. The second-order valence-electron chi connectivity index (χ2n) is 9.81. The van der Waals surface area contributed by atoms with Crippen molar-refractivity contribution in [2.45, 2.75) is 58.2 Å². The first kappa shape index (κ1) is 23.4. The summed E-state index contributed by atoms with van der Waals surface area (Å²) >= 11 is 2.89. The Morgan fingerprint density at radius 3 is 2.59 bits per heavy atom. The van der Waals surface area contributed by atoms with Crippen LogP contribution in [-0.4, -0.2) is 45.1 Å². The van der Waals surface area contributed by atoms with E-state index >= 15 is 4.39 Å². The Hall–Kier alpha value is -1.71. The van der Waals surface area contributed by atoms with E-state index in [4.69, 9.17) is 5.11 Å². The third kappa shape index (κ3) is 3.04. The number of allylic oxidation sites excluding steroid dienone is 5. The van der Waals surface area contributed by atoms with E-state index in [0.29, 0.717) is 18.4 Å². The summed E-state index contributed by atoms with van der Waals surface area (Å²) in [4.78, 5) is 35.9. The lowest BCUT2D eigenvalue weighted by atomic mass is 9.46. The Morgan fingerprint density at radius 2 is 1.97 bits per heavy atom. The second-order valence-corrected chi connectivity index (χ2v) is 10.6. The van der Waals surface area contributed by atoms with Crippen LogP contribution in [0, 0.1) is 28.6 Å². The van der Waals surface area contributed by atoms with Crippen LogP contribution in [0.1, 0.15) is 46.0 Å². The normalized spacial score (nSPS) is 39.8. The summed E-state index contributed by atoms with van der Waals surface area (Å²) in [5.74, 6) is -5.87. The van der Waals surface area contributed by atoms with Gasteiger partial charge in [-0.15, -0.1) is 0 Å². The molecule has 0 aromatic rings. The number of hydrogen-bond donors (Lipinski definition) is 3. The number of carbonyl (C=O) groups excluding carboxylic acids is 2. The number of fused-ring (bicyclic) bond motifs is 5. The molecule has 1 unspecified atom stereocenters. The minimum Gasteiger partial charge on any atom is -0.481 e. The maximum atomic E-state index is 15.5. The molecule has 0 saturated heterocycles. The molecular formula is C23H25BrF2O6. The predicted molar refractivity (Wildman–Crippen MR) is 113 cm³/mol. The van der Waals surface area contributed by atoms with Gasteiger partial charge in [0.05, 0.1) is 17.9 Å². The van der Waals surface area contributed by atoms with E-state index in [1.807, 2.05) is 6.92 Å². The van der Waals surface area contributed by atoms with E-state index < -0.39 is 69.0 Å². The van der Waals surface area contributed by atoms with E-state index in [-0.39, 0.29) is 30.3 Å². The van der Waals surface area contributed by atoms with E-state index in [2.05, 4.69) is 15.9 Å². The standard InChI is InChI=1S/C23H25BrF2O6/c1-22-8-14(28)16-9(10(22)5-6-12(22)19(31)13(27)7-15(29)30)3-4-11-18(25)20(32)17(24)21(26)23(11,16)2/h6,9-10,13-14,16,27-28H,3-5,7-8H2,1-2H3,(H,29,30)/t9-,10-,13?,14-,16+,22-,23-/m0/s1. The molecule has 0 heterocycles. The molecule has 4 aliphatic carbocycles. The van der Waals surface area contributed by atoms with E-state index in [9.17, 15) is 29.0 Å². The van der Waals surface area contributed by atoms with Crippen LogP contribution in [0.3, 0.4) is 0 Å². The first-order valence-electron chi connectivity index (χ1n) is 10.7. The van der Waals surface area contributed by atoms with Crippen LogP contribution in [0.5, 0.6) is 0 Å². The highest BCUT2D eigenvalue weighted by Gasteiger charge is 2.64. The van der Waals surface area contributed by atoms with Crippen molar-refractivity contribution in [1.29, 1.82) is 0 Å². The van der Waals surface area contributed by atoms with Crippen LogP contribution in [0.25, 0.3) is 0 Å². The molecule has 7 atom stereocenters. The van der Waals surface area contributed by atoms with E-state index in [1.165, 1.54) is 6.92 Å². The lowest BCUT2D eigenvalue weighted by Crippen LogP contribution is -2.57. The van der Waals surface area contributed by atoms with Crippen LogP contribution >= 0.6 is 15.9 Å². The number of ketones is 2. The number of Topliss-reactive ketones (excluding diaryl/α,β-unsaturated/α-hetero) is 2. The van der Waals surface area contributed by atoms with Gasteiger partial charge in [0.25, 0.3) is 0 Å². The lowest BCUT2D eigenvalue weighted by molar-refractivity contribution is -0.143. The molecule has 174 valence electrons. The Labute approximate surface area is 192 Å². The lowest BCUT2D eigenvalue weighted by Gasteiger charge is -2.58. The van der Waals surface area contributed by atoms with Gasteiger partial charge in [-0.3, -0.25) is 14.4 Å². The highest BCUT2D eigenvalue weighted by atomic mass is 79.9. The molecule has 2 fully saturated rings. The van der Waals surface area contributed by atoms with Crippen molar-refractivity contribution in [3.63, 3.8) is 0 Å². The fourth-order valence-corrected chi connectivity index (χ4v) is 7.49. The van der Waals surface area contributed by atoms with Crippen LogP contribution in [0.4, 0.5) is 8.78 Å². The molecule has 0 aliphatic heterocycles. The molecule has 0 amide bonds. The Balaban J connectivity index is 1.71. The predicted octanol–water partition coefficient (Wildman–Crippen LogP) is 3.52. The maximum absolute atomic E-state index is 15.5. The van der Waals surface area contributed by atoms with Crippen molar-refractivity contribution in [3.8, 4) is 0 Å². The summed E-state index contributed by atoms with van der Waals surface area (Å²) in [5, 5.41) is 30.2. The number of aliphatic hydroxyl groups is 2. The van der Waals surface area contributed by atoms with Gasteiger partial charge in [-0.05, 0) is 65.9 Å². The quantitative estimate of drug-likeness (QED) is 0.529. The Morgan fingerprint density at radius 1 is 1.31 bits per heavy atom. The largest absolute Gasteiger partial charge is 0.481 e. The minimum absolute atomic E-state index is 0.0752. The summed E-state index contributed by atoms with van der Waals surface area (Å²) in [6.45, 7) is 3.33. The highest BCUT2D eigenvalue weighted by molar-refractivity contribution is 9.12. The summed E-state index contributed by atoms with van der Waals surface area (Å²) in [6, 6.07) is 0. The van der Waals surface area contributed by atoms with Crippen LogP contribution in [0.15, 0.2) is 33.4 Å². The fourth-order valence-electron chi connectivity index (χ4n) is 6.91. The van der Waals surface area contributed by atoms with Gasteiger partial charge in [-0.1, -0.05) is 13.0 Å². The average molecular weight is 515 g/mol. The molecule has 0 bridgehead atoms. The smallest absolute Gasteiger partial charge is 0.306 e. The molecule has 4 aliphatic rings. The number of aliphatic carboxylic acids is 1. The zero-order valence-electron chi connectivity index (χ0n) is 17.7. The number of hydrogen-bond acceptors (Lipinski definition) is 5. The van der Waals surface area contributed by atoms with Gasteiger partial charge in [0, 0.05) is 16.9 Å². The van der Waals surface area contributed by atoms with Gasteiger partial charge in [-0.25, -0.2) is 8.78 Å². The Bertz CT molecular complexity index is 1020. The second kappa shape index (κ2) is 7.67. The molecule has 0 aromatic carbocycles. The number of rotatable bonds is 4. The van der Waals surface area contributed by atoms with Crippen LogP contribution < -0.4 is 0 Å². The SMILES string of the molecule is C[C@]12C(F)=C(Br)C(=O)C(F)=C1CC[C@@H]1[C@@H]2[C@@H](O)C[C@]2(C)C(C(=O)C(O)CC(=O)O)=CC[C@@H]12. The minimum atomic E-state index is -1.68. The van der Waals surface area contributed by atoms with Crippen LogP contribution in [-0.2, 0) is 14.4 Å². The monoisotopic (exact) mass is 514 g/mol. The fraction of sp³-hybridized carbons (Fsp3) is 0.609. The van der Waals surface area contributed by atoms with Crippen molar-refractivity contribution in [1.82, 2.24) is 0 Å². The van der Waals surface area contributed by atoms with Crippen molar-refractivity contribution >= 4 is 33.5 Å². The Kier molecular flexibility index (Phi) is 5.62. The molecule has 0 spiro atoms. The average Bonchev–Trinajstić information content (AvgIpc) is 3.06. The van der Waals surface area contributed by atoms with Gasteiger partial charge in [0.15, 0.2) is 11.6 Å². The molecule has 9 heteroatoms. The van der Waals surface area contributed by atoms with Crippen molar-refractivity contribution in [3.05, 3.63) is 33.4 Å². The highest BCUT2D eigenvalue weighted by Crippen LogP contribution is 2.67. The summed E-state index contributed by atoms with van der Waals surface area (Å²) in [6.07, 6.45) is -0.688. The van der Waals surface area contributed by atoms with Crippen LogP contribution in [0.2, 0.25) is 0 Å². The number of halogens is 3. The molecule has 0 aromatic heterocycles. The molecule has 3 N–H and O–H groups in total. The first-order valence-corrected chi connectivity index (χ1v) is 11.5. The molecular weight excluding hydrogens is 490 g/mol. The van der Waals surface area contributed by atoms with Gasteiger partial charge >= 0.3 is 5.97 Å². The van der Waals surface area contributed by atoms with Crippen molar-refractivity contribution < 1.29 is 38.5 Å². The molecule has 0 radical (unpaired) electrons. The van der Waals surface area contributed by atoms with Gasteiger partial charge in [0.2, 0.25) is 5.78 Å². The first-order chi connectivity index (χ1) is 14.9. The van der Waals surface area contributed by atoms with E-state index in [0.717, 1.165) is 0 Å². The molecule has 6 nitrogen and oxygen atoms in total. The topological polar surface area (TPSA) is 112 Å². The summed E-state index contributed by atoms with van der Waals surface area (Å²) in [5.41, 5.74) is -1.93. The summed E-state index contributed by atoms with van der Waals surface area (Å²) in [7, 11) is 0. The van der Waals surface area contributed by atoms with E-state index in [1.54, 1.807) is 6.08 Å². The van der Waals surface area contributed by atoms with Gasteiger partial charge < -0.3 is 15.3 Å².